The number of aliphatic carboxylic acids is 1. The fraction of sp³-hybridized carbons (Fsp3) is 0.733. The molecule has 0 heterocycles. The molecule has 0 bridgehead atoms. The molecule has 0 saturated heterocycles. The zero-order valence-electron chi connectivity index (χ0n) is 11.5. The molecular formula is C15H24O4. The van der Waals surface area contributed by atoms with Crippen molar-refractivity contribution in [2.45, 2.75) is 58.0 Å². The van der Waals surface area contributed by atoms with Crippen molar-refractivity contribution in [1.29, 1.82) is 0 Å². The van der Waals surface area contributed by atoms with Crippen LogP contribution in [-0.2, 0) is 9.59 Å². The van der Waals surface area contributed by atoms with Crippen LogP contribution in [0.4, 0.5) is 0 Å². The van der Waals surface area contributed by atoms with E-state index in [-0.39, 0.29) is 24.0 Å². The summed E-state index contributed by atoms with van der Waals surface area (Å²) in [5.74, 6) is -1.03. The molecule has 0 aromatic carbocycles. The number of carbonyl (C=O) groups excluding carboxylic acids is 1. The molecule has 0 amide bonds. The molecule has 1 saturated carbocycles. The van der Waals surface area contributed by atoms with E-state index >= 15 is 0 Å². The third-order valence-corrected chi connectivity index (χ3v) is 3.81. The number of hydrogen-bond acceptors (Lipinski definition) is 3. The van der Waals surface area contributed by atoms with E-state index in [1.54, 1.807) is 12.2 Å². The molecule has 4 heteroatoms. The first-order valence-electron chi connectivity index (χ1n) is 7.15. The summed E-state index contributed by atoms with van der Waals surface area (Å²) >= 11 is 0. The lowest BCUT2D eigenvalue weighted by Crippen LogP contribution is -2.21. The van der Waals surface area contributed by atoms with E-state index < -0.39 is 12.1 Å². The molecule has 3 atom stereocenters. The maximum absolute atomic E-state index is 11.6. The Hall–Kier alpha value is -1.16. The largest absolute Gasteiger partial charge is 0.481 e. The molecular weight excluding hydrogens is 244 g/mol. The van der Waals surface area contributed by atoms with Gasteiger partial charge in [0, 0.05) is 12.3 Å². The van der Waals surface area contributed by atoms with Crippen molar-refractivity contribution in [1.82, 2.24) is 0 Å². The third kappa shape index (κ3) is 5.55. The number of hydrogen-bond donors (Lipinski definition) is 2. The molecule has 0 radical (unpaired) electrons. The fourth-order valence-corrected chi connectivity index (χ4v) is 2.67. The van der Waals surface area contributed by atoms with E-state index in [1.807, 2.05) is 0 Å². The van der Waals surface area contributed by atoms with Gasteiger partial charge in [0.2, 0.25) is 0 Å². The Morgan fingerprint density at radius 1 is 1.26 bits per heavy atom. The van der Waals surface area contributed by atoms with Crippen LogP contribution >= 0.6 is 0 Å². The lowest BCUT2D eigenvalue weighted by Gasteiger charge is -2.17. The summed E-state index contributed by atoms with van der Waals surface area (Å²) in [6.07, 6.45) is 7.80. The molecule has 3 unspecified atom stereocenters. The Kier molecular flexibility index (Phi) is 6.78. The second kappa shape index (κ2) is 8.10. The highest BCUT2D eigenvalue weighted by molar-refractivity contribution is 5.89. The van der Waals surface area contributed by atoms with E-state index in [0.29, 0.717) is 12.8 Å². The quantitative estimate of drug-likeness (QED) is 0.524. The van der Waals surface area contributed by atoms with Gasteiger partial charge >= 0.3 is 5.97 Å². The number of rotatable bonds is 8. The summed E-state index contributed by atoms with van der Waals surface area (Å²) in [6.45, 7) is 2.09. The first-order chi connectivity index (χ1) is 9.04. The lowest BCUT2D eigenvalue weighted by atomic mass is 9.91. The van der Waals surface area contributed by atoms with Gasteiger partial charge in [0.1, 0.15) is 0 Å². The van der Waals surface area contributed by atoms with Gasteiger partial charge in [-0.3, -0.25) is 9.59 Å². The van der Waals surface area contributed by atoms with Crippen LogP contribution in [0.5, 0.6) is 0 Å². The Morgan fingerprint density at radius 3 is 2.63 bits per heavy atom. The van der Waals surface area contributed by atoms with E-state index in [1.165, 1.54) is 0 Å². The molecule has 0 aliphatic heterocycles. The summed E-state index contributed by atoms with van der Waals surface area (Å²) < 4.78 is 0. The average Bonchev–Trinajstić information content (AvgIpc) is 2.68. The van der Waals surface area contributed by atoms with Crippen LogP contribution in [0, 0.1) is 11.8 Å². The smallest absolute Gasteiger partial charge is 0.303 e. The Balaban J connectivity index is 2.45. The monoisotopic (exact) mass is 268 g/mol. The summed E-state index contributed by atoms with van der Waals surface area (Å²) in [6, 6.07) is 0. The number of allylic oxidation sites excluding steroid dienone is 2. The van der Waals surface area contributed by atoms with Gasteiger partial charge in [-0.05, 0) is 31.3 Å². The van der Waals surface area contributed by atoms with Gasteiger partial charge in [0.15, 0.2) is 5.78 Å². The second-order valence-electron chi connectivity index (χ2n) is 5.35. The van der Waals surface area contributed by atoms with Gasteiger partial charge in [0.25, 0.3) is 0 Å². The van der Waals surface area contributed by atoms with E-state index in [9.17, 15) is 14.7 Å². The highest BCUT2D eigenvalue weighted by atomic mass is 16.4. The number of carboxylic acids is 1. The van der Waals surface area contributed by atoms with Crippen LogP contribution in [-0.4, -0.2) is 28.1 Å². The van der Waals surface area contributed by atoms with Crippen molar-refractivity contribution in [3.8, 4) is 0 Å². The summed E-state index contributed by atoms with van der Waals surface area (Å²) in [4.78, 5) is 22.4. The zero-order chi connectivity index (χ0) is 14.3. The van der Waals surface area contributed by atoms with Crippen molar-refractivity contribution < 1.29 is 19.8 Å². The van der Waals surface area contributed by atoms with Gasteiger partial charge in [-0.15, -0.1) is 0 Å². The SMILES string of the molecule is CCCCCC(=O)/C=C/C1CCC(O)C1CC(=O)O. The van der Waals surface area contributed by atoms with E-state index in [2.05, 4.69) is 6.92 Å². The predicted molar refractivity (Wildman–Crippen MR) is 72.8 cm³/mol. The minimum Gasteiger partial charge on any atom is -0.481 e. The number of unbranched alkanes of at least 4 members (excludes halogenated alkanes) is 2. The number of carbonyl (C=O) groups is 2. The Morgan fingerprint density at radius 2 is 2.00 bits per heavy atom. The van der Waals surface area contributed by atoms with E-state index in [4.69, 9.17) is 5.11 Å². The topological polar surface area (TPSA) is 74.6 Å². The van der Waals surface area contributed by atoms with Gasteiger partial charge in [0.05, 0.1) is 12.5 Å². The maximum atomic E-state index is 11.6. The highest BCUT2D eigenvalue weighted by Gasteiger charge is 2.34. The number of aliphatic hydroxyl groups excluding tert-OH is 1. The Labute approximate surface area is 114 Å². The lowest BCUT2D eigenvalue weighted by molar-refractivity contribution is -0.139. The molecule has 19 heavy (non-hydrogen) atoms. The normalized spacial score (nSPS) is 26.9. The first kappa shape index (κ1) is 15.9. The van der Waals surface area contributed by atoms with Crippen molar-refractivity contribution >= 4 is 11.8 Å². The van der Waals surface area contributed by atoms with Crippen molar-refractivity contribution in [2.24, 2.45) is 11.8 Å². The molecule has 0 aromatic heterocycles. The van der Waals surface area contributed by atoms with Crippen molar-refractivity contribution in [3.63, 3.8) is 0 Å². The average molecular weight is 268 g/mol. The first-order valence-corrected chi connectivity index (χ1v) is 7.15. The van der Waals surface area contributed by atoms with Gasteiger partial charge in [-0.2, -0.15) is 0 Å². The third-order valence-electron chi connectivity index (χ3n) is 3.81. The van der Waals surface area contributed by atoms with Crippen LogP contribution in [0.15, 0.2) is 12.2 Å². The molecule has 1 rings (SSSR count). The molecule has 1 fully saturated rings. The molecule has 0 spiro atoms. The number of carboxylic acid groups (broad SMARTS) is 1. The van der Waals surface area contributed by atoms with Crippen LogP contribution in [0.25, 0.3) is 0 Å². The van der Waals surface area contributed by atoms with Crippen LogP contribution < -0.4 is 0 Å². The zero-order valence-corrected chi connectivity index (χ0v) is 11.5. The number of aliphatic hydroxyl groups is 1. The number of ketones is 1. The van der Waals surface area contributed by atoms with Crippen molar-refractivity contribution in [3.05, 3.63) is 12.2 Å². The molecule has 108 valence electrons. The summed E-state index contributed by atoms with van der Waals surface area (Å²) in [5.41, 5.74) is 0. The highest BCUT2D eigenvalue weighted by Crippen LogP contribution is 2.35. The minimum atomic E-state index is -0.890. The van der Waals surface area contributed by atoms with Crippen molar-refractivity contribution in [2.75, 3.05) is 0 Å². The van der Waals surface area contributed by atoms with Crippen LogP contribution in [0.1, 0.15) is 51.9 Å². The minimum absolute atomic E-state index is 0.0150. The predicted octanol–water partition coefficient (Wildman–Crippen LogP) is 2.55. The molecule has 0 aromatic rings. The Bertz CT molecular complexity index is 335. The molecule has 4 nitrogen and oxygen atoms in total. The molecule has 2 N–H and O–H groups in total. The maximum Gasteiger partial charge on any atom is 0.303 e. The summed E-state index contributed by atoms with van der Waals surface area (Å²) in [5, 5.41) is 18.6. The molecule has 1 aliphatic rings. The summed E-state index contributed by atoms with van der Waals surface area (Å²) in [7, 11) is 0. The van der Waals surface area contributed by atoms with Gasteiger partial charge in [-0.25, -0.2) is 0 Å². The van der Waals surface area contributed by atoms with Crippen LogP contribution in [0.2, 0.25) is 0 Å². The van der Waals surface area contributed by atoms with Gasteiger partial charge in [-0.1, -0.05) is 25.8 Å². The van der Waals surface area contributed by atoms with E-state index in [0.717, 1.165) is 25.7 Å². The second-order valence-corrected chi connectivity index (χ2v) is 5.35. The van der Waals surface area contributed by atoms with Gasteiger partial charge < -0.3 is 10.2 Å². The standard InChI is InChI=1S/C15H24O4/c1-2-3-4-5-12(16)8-6-11-7-9-14(17)13(11)10-15(18)19/h6,8,11,13-14,17H,2-5,7,9-10H2,1H3,(H,18,19)/b8-6+. The molecule has 1 aliphatic carbocycles. The fourth-order valence-electron chi connectivity index (χ4n) is 2.67. The van der Waals surface area contributed by atoms with Crippen LogP contribution in [0.3, 0.4) is 0 Å².